The molecule has 11 heteroatoms. The second kappa shape index (κ2) is 9.05. The molecule has 0 atom stereocenters. The maximum atomic E-state index is 13.6. The molecule has 0 aromatic heterocycles. The molecule has 2 N–H and O–H groups in total. The first-order valence-electron chi connectivity index (χ1n) is 8.16. The largest absolute Gasteiger partial charge is 0.455 e. The van der Waals surface area contributed by atoms with Crippen molar-refractivity contribution in [2.24, 2.45) is 0 Å². The first-order valence-corrected chi connectivity index (χ1v) is 9.65. The average Bonchev–Trinajstić information content (AvgIpc) is 2.62. The van der Waals surface area contributed by atoms with Crippen molar-refractivity contribution in [2.75, 3.05) is 18.5 Å². The molecule has 2 rings (SSSR count). The van der Waals surface area contributed by atoms with Gasteiger partial charge in [-0.25, -0.2) is 21.6 Å². The Morgan fingerprint density at radius 3 is 2.24 bits per heavy atom. The molecule has 0 aliphatic rings. The number of carbonyl (C=O) groups excluding carboxylic acids is 2. The number of anilines is 1. The van der Waals surface area contributed by atoms with Gasteiger partial charge >= 0.3 is 5.97 Å². The Morgan fingerprint density at radius 2 is 1.62 bits per heavy atom. The summed E-state index contributed by atoms with van der Waals surface area (Å²) >= 11 is 0. The van der Waals surface area contributed by atoms with Crippen LogP contribution in [-0.4, -0.2) is 33.4 Å². The SMILES string of the molecule is Cc1cc(C)cc(NC(=O)COC(=O)CNS(=O)(=O)c2ccc(F)c(F)c2F)c1. The topological polar surface area (TPSA) is 102 Å². The van der Waals surface area contributed by atoms with Crippen LogP contribution in [0.2, 0.25) is 0 Å². The van der Waals surface area contributed by atoms with E-state index in [1.165, 1.54) is 0 Å². The molecule has 0 bridgehead atoms. The molecule has 0 radical (unpaired) electrons. The Hall–Kier alpha value is -2.92. The molecule has 7 nitrogen and oxygen atoms in total. The predicted octanol–water partition coefficient (Wildman–Crippen LogP) is 2.18. The van der Waals surface area contributed by atoms with Crippen molar-refractivity contribution in [3.05, 3.63) is 58.9 Å². The van der Waals surface area contributed by atoms with Crippen molar-refractivity contribution >= 4 is 27.6 Å². The lowest BCUT2D eigenvalue weighted by atomic mass is 10.1. The number of amides is 1. The van der Waals surface area contributed by atoms with Crippen molar-refractivity contribution < 1.29 is 35.9 Å². The van der Waals surface area contributed by atoms with Crippen LogP contribution in [0.5, 0.6) is 0 Å². The molecule has 0 unspecified atom stereocenters. The van der Waals surface area contributed by atoms with Gasteiger partial charge in [0.05, 0.1) is 0 Å². The van der Waals surface area contributed by atoms with Crippen LogP contribution in [0.4, 0.5) is 18.9 Å². The van der Waals surface area contributed by atoms with Gasteiger partial charge in [-0.1, -0.05) is 6.07 Å². The molecule has 2 aromatic carbocycles. The molecule has 0 aliphatic carbocycles. The van der Waals surface area contributed by atoms with Crippen LogP contribution in [0.3, 0.4) is 0 Å². The number of halogens is 3. The summed E-state index contributed by atoms with van der Waals surface area (Å²) in [5.41, 5.74) is 2.32. The molecule has 0 fully saturated rings. The highest BCUT2D eigenvalue weighted by Gasteiger charge is 2.24. The lowest BCUT2D eigenvalue weighted by Crippen LogP contribution is -2.33. The zero-order valence-electron chi connectivity index (χ0n) is 15.4. The summed E-state index contributed by atoms with van der Waals surface area (Å²) in [4.78, 5) is 22.3. The van der Waals surface area contributed by atoms with Crippen molar-refractivity contribution in [3.63, 3.8) is 0 Å². The van der Waals surface area contributed by atoms with Crippen LogP contribution in [0.25, 0.3) is 0 Å². The number of esters is 1. The van der Waals surface area contributed by atoms with Crippen molar-refractivity contribution in [3.8, 4) is 0 Å². The first-order chi connectivity index (χ1) is 13.5. The third kappa shape index (κ3) is 6.03. The van der Waals surface area contributed by atoms with E-state index in [1.807, 2.05) is 19.9 Å². The summed E-state index contributed by atoms with van der Waals surface area (Å²) in [6, 6.07) is 6.26. The fraction of sp³-hybridized carbons (Fsp3) is 0.222. The molecular formula is C18H17F3N2O5S. The van der Waals surface area contributed by atoms with Gasteiger partial charge in [0.2, 0.25) is 10.0 Å². The lowest BCUT2D eigenvalue weighted by Gasteiger charge is -2.10. The number of carbonyl (C=O) groups is 2. The maximum Gasteiger partial charge on any atom is 0.321 e. The van der Waals surface area contributed by atoms with Crippen LogP contribution >= 0.6 is 0 Å². The van der Waals surface area contributed by atoms with Gasteiger partial charge < -0.3 is 10.1 Å². The van der Waals surface area contributed by atoms with E-state index in [0.29, 0.717) is 17.8 Å². The molecule has 2 aromatic rings. The molecule has 1 amide bonds. The highest BCUT2D eigenvalue weighted by atomic mass is 32.2. The van der Waals surface area contributed by atoms with E-state index >= 15 is 0 Å². The molecule has 0 aliphatic heterocycles. The molecular weight excluding hydrogens is 413 g/mol. The summed E-state index contributed by atoms with van der Waals surface area (Å²) in [5.74, 6) is -7.22. The van der Waals surface area contributed by atoms with Crippen LogP contribution in [-0.2, 0) is 24.3 Å². The van der Waals surface area contributed by atoms with Gasteiger partial charge in [-0.15, -0.1) is 0 Å². The summed E-state index contributed by atoms with van der Waals surface area (Å²) in [7, 11) is -4.65. The third-order valence-electron chi connectivity index (χ3n) is 3.57. The van der Waals surface area contributed by atoms with E-state index in [-0.39, 0.29) is 0 Å². The quantitative estimate of drug-likeness (QED) is 0.518. The number of sulfonamides is 1. The summed E-state index contributed by atoms with van der Waals surface area (Å²) in [5, 5.41) is 2.51. The third-order valence-corrected chi connectivity index (χ3v) is 4.98. The first kappa shape index (κ1) is 22.4. The van der Waals surface area contributed by atoms with Gasteiger partial charge in [0.15, 0.2) is 24.1 Å². The van der Waals surface area contributed by atoms with Gasteiger partial charge in [-0.2, -0.15) is 4.72 Å². The van der Waals surface area contributed by atoms with E-state index in [1.54, 1.807) is 16.9 Å². The van der Waals surface area contributed by atoms with Crippen LogP contribution in [0.1, 0.15) is 11.1 Å². The van der Waals surface area contributed by atoms with Gasteiger partial charge in [0.25, 0.3) is 5.91 Å². The molecule has 0 saturated carbocycles. The minimum Gasteiger partial charge on any atom is -0.455 e. The van der Waals surface area contributed by atoms with Gasteiger partial charge in [0.1, 0.15) is 11.4 Å². The smallest absolute Gasteiger partial charge is 0.321 e. The Balaban J connectivity index is 1.89. The zero-order chi connectivity index (χ0) is 21.8. The standard InChI is InChI=1S/C18H17F3N2O5S/c1-10-5-11(2)7-12(6-10)23-15(24)9-28-16(25)8-22-29(26,27)14-4-3-13(19)17(20)18(14)21/h3-7,22H,8-9H2,1-2H3,(H,23,24). The number of aryl methyl sites for hydroxylation is 2. The van der Waals surface area contributed by atoms with Crippen LogP contribution < -0.4 is 10.0 Å². The maximum absolute atomic E-state index is 13.6. The Bertz CT molecular complexity index is 1040. The lowest BCUT2D eigenvalue weighted by molar-refractivity contribution is -0.146. The van der Waals surface area contributed by atoms with E-state index in [0.717, 1.165) is 11.1 Å². The number of hydrogen-bond donors (Lipinski definition) is 2. The molecule has 0 spiro atoms. The molecule has 29 heavy (non-hydrogen) atoms. The van der Waals surface area contributed by atoms with E-state index in [4.69, 9.17) is 0 Å². The van der Waals surface area contributed by atoms with Gasteiger partial charge in [0, 0.05) is 5.69 Å². The van der Waals surface area contributed by atoms with E-state index in [9.17, 15) is 31.2 Å². The fourth-order valence-corrected chi connectivity index (χ4v) is 3.42. The Labute approximate surface area is 164 Å². The van der Waals surface area contributed by atoms with Crippen molar-refractivity contribution in [2.45, 2.75) is 18.7 Å². The molecule has 0 heterocycles. The molecule has 156 valence electrons. The van der Waals surface area contributed by atoms with Gasteiger partial charge in [-0.3, -0.25) is 9.59 Å². The minimum atomic E-state index is -4.65. The summed E-state index contributed by atoms with van der Waals surface area (Å²) < 4.78 is 69.9. The van der Waals surface area contributed by atoms with Crippen molar-refractivity contribution in [1.29, 1.82) is 0 Å². The van der Waals surface area contributed by atoms with E-state index < -0.39 is 57.4 Å². The highest BCUT2D eigenvalue weighted by molar-refractivity contribution is 7.89. The van der Waals surface area contributed by atoms with E-state index in [2.05, 4.69) is 10.1 Å². The number of ether oxygens (including phenoxy) is 1. The van der Waals surface area contributed by atoms with Crippen LogP contribution in [0, 0.1) is 31.3 Å². The number of rotatable bonds is 7. The Kier molecular flexibility index (Phi) is 6.98. The fourth-order valence-electron chi connectivity index (χ4n) is 2.39. The minimum absolute atomic E-state index is 0.433. The zero-order valence-corrected chi connectivity index (χ0v) is 16.2. The number of nitrogens with one attached hydrogen (secondary N) is 2. The monoisotopic (exact) mass is 430 g/mol. The second-order valence-electron chi connectivity index (χ2n) is 6.08. The average molecular weight is 430 g/mol. The summed E-state index contributed by atoms with van der Waals surface area (Å²) in [6.45, 7) is 2.04. The van der Waals surface area contributed by atoms with Crippen molar-refractivity contribution in [1.82, 2.24) is 4.72 Å². The Morgan fingerprint density at radius 1 is 1.00 bits per heavy atom. The number of hydrogen-bond acceptors (Lipinski definition) is 5. The normalized spacial score (nSPS) is 11.2. The molecule has 0 saturated heterocycles. The number of benzene rings is 2. The predicted molar refractivity (Wildman–Crippen MR) is 97.0 cm³/mol. The van der Waals surface area contributed by atoms with Gasteiger partial charge in [-0.05, 0) is 49.2 Å². The van der Waals surface area contributed by atoms with Crippen LogP contribution in [0.15, 0.2) is 35.2 Å². The highest BCUT2D eigenvalue weighted by Crippen LogP contribution is 2.19. The summed E-state index contributed by atoms with van der Waals surface area (Å²) in [6.07, 6.45) is 0. The second-order valence-corrected chi connectivity index (χ2v) is 7.82.